The third-order valence-corrected chi connectivity index (χ3v) is 3.97. The van der Waals surface area contributed by atoms with E-state index in [4.69, 9.17) is 0 Å². The van der Waals surface area contributed by atoms with Gasteiger partial charge in [-0.3, -0.25) is 4.79 Å². The normalized spacial score (nSPS) is 11.0. The summed E-state index contributed by atoms with van der Waals surface area (Å²) in [6, 6.07) is 17.8. The summed E-state index contributed by atoms with van der Waals surface area (Å²) in [6.45, 7) is 4.00. The van der Waals surface area contributed by atoms with Gasteiger partial charge >= 0.3 is 0 Å². The summed E-state index contributed by atoms with van der Waals surface area (Å²) in [6.07, 6.45) is 1.57. The monoisotopic (exact) mass is 335 g/mol. The van der Waals surface area contributed by atoms with Crippen molar-refractivity contribution in [3.05, 3.63) is 89.0 Å². The Kier molecular flexibility index (Phi) is 4.75. The predicted octanol–water partition coefficient (Wildman–Crippen LogP) is 4.00. The van der Waals surface area contributed by atoms with Gasteiger partial charge in [0.15, 0.2) is 0 Å². The van der Waals surface area contributed by atoms with Gasteiger partial charge in [0.1, 0.15) is 5.82 Å². The highest BCUT2D eigenvalue weighted by Gasteiger charge is 2.11. The van der Waals surface area contributed by atoms with E-state index in [1.165, 1.54) is 18.2 Å². The lowest BCUT2D eigenvalue weighted by Gasteiger charge is -2.08. The van der Waals surface area contributed by atoms with Gasteiger partial charge in [-0.05, 0) is 44.2 Å². The Labute approximate surface area is 145 Å². The van der Waals surface area contributed by atoms with Crippen LogP contribution in [-0.2, 0) is 0 Å². The lowest BCUT2D eigenvalue weighted by molar-refractivity contribution is 0.0951. The summed E-state index contributed by atoms with van der Waals surface area (Å²) in [5.74, 6) is -1.15. The van der Waals surface area contributed by atoms with Crippen LogP contribution in [0.3, 0.4) is 0 Å². The van der Waals surface area contributed by atoms with Crippen LogP contribution in [0.15, 0.2) is 65.8 Å². The number of halogens is 1. The lowest BCUT2D eigenvalue weighted by Crippen LogP contribution is -2.18. The molecule has 1 N–H and O–H groups in total. The van der Waals surface area contributed by atoms with Crippen LogP contribution in [0.1, 0.15) is 27.3 Å². The van der Waals surface area contributed by atoms with E-state index >= 15 is 0 Å². The van der Waals surface area contributed by atoms with E-state index < -0.39 is 11.7 Å². The molecule has 0 unspecified atom stereocenters. The van der Waals surface area contributed by atoms with Crippen molar-refractivity contribution in [2.24, 2.45) is 5.10 Å². The Balaban J connectivity index is 1.79. The molecule has 0 saturated heterocycles. The third-order valence-electron chi connectivity index (χ3n) is 3.97. The van der Waals surface area contributed by atoms with Crippen molar-refractivity contribution in [2.75, 3.05) is 0 Å². The van der Waals surface area contributed by atoms with Crippen LogP contribution >= 0.6 is 0 Å². The molecule has 4 nitrogen and oxygen atoms in total. The van der Waals surface area contributed by atoms with Gasteiger partial charge in [-0.15, -0.1) is 0 Å². The number of nitrogens with one attached hydrogen (secondary N) is 1. The van der Waals surface area contributed by atoms with Gasteiger partial charge in [-0.1, -0.05) is 30.3 Å². The zero-order valence-electron chi connectivity index (χ0n) is 14.0. The number of amides is 1. The second kappa shape index (κ2) is 7.13. The molecule has 0 saturated carbocycles. The first-order valence-corrected chi connectivity index (χ1v) is 7.90. The average molecular weight is 335 g/mol. The van der Waals surface area contributed by atoms with E-state index in [2.05, 4.69) is 15.1 Å². The topological polar surface area (TPSA) is 46.4 Å². The molecule has 1 heterocycles. The molecule has 25 heavy (non-hydrogen) atoms. The molecule has 0 aliphatic heterocycles. The maximum Gasteiger partial charge on any atom is 0.274 e. The molecule has 0 radical (unpaired) electrons. The summed E-state index contributed by atoms with van der Waals surface area (Å²) in [5.41, 5.74) is 6.35. The van der Waals surface area contributed by atoms with Crippen LogP contribution in [0.4, 0.5) is 4.39 Å². The molecule has 0 aliphatic carbocycles. The fourth-order valence-corrected chi connectivity index (χ4v) is 2.76. The summed E-state index contributed by atoms with van der Waals surface area (Å²) in [5, 5.41) is 3.96. The number of nitrogens with zero attached hydrogens (tertiary/aromatic N) is 2. The SMILES string of the molecule is Cc1cc(/C=N/NC(=O)c2ccccc2F)c(C)n1-c1ccccc1. The standard InChI is InChI=1S/C20H18FN3O/c1-14-12-16(15(2)24(14)17-8-4-3-5-9-17)13-22-23-20(25)18-10-6-7-11-19(18)21/h3-13H,1-2H3,(H,23,25)/b22-13+. The lowest BCUT2D eigenvalue weighted by atomic mass is 10.2. The number of hydrazone groups is 1. The summed E-state index contributed by atoms with van der Waals surface area (Å²) < 4.78 is 15.7. The third kappa shape index (κ3) is 3.50. The summed E-state index contributed by atoms with van der Waals surface area (Å²) in [4.78, 5) is 12.0. The number of rotatable bonds is 4. The molecule has 3 aromatic rings. The van der Waals surface area contributed by atoms with Gasteiger partial charge in [-0.25, -0.2) is 9.82 Å². The van der Waals surface area contributed by atoms with E-state index in [0.29, 0.717) is 0 Å². The summed E-state index contributed by atoms with van der Waals surface area (Å²) >= 11 is 0. The van der Waals surface area contributed by atoms with Crippen LogP contribution in [0.5, 0.6) is 0 Å². The number of aryl methyl sites for hydroxylation is 1. The van der Waals surface area contributed by atoms with Crippen LogP contribution < -0.4 is 5.43 Å². The van der Waals surface area contributed by atoms with Crippen molar-refractivity contribution < 1.29 is 9.18 Å². The molecule has 126 valence electrons. The number of carbonyl (C=O) groups is 1. The molecular formula is C20H18FN3O. The van der Waals surface area contributed by atoms with Crippen LogP contribution in [0.2, 0.25) is 0 Å². The van der Waals surface area contributed by atoms with Gasteiger partial charge in [0, 0.05) is 22.6 Å². The number of carbonyl (C=O) groups excluding carboxylic acids is 1. The van der Waals surface area contributed by atoms with Gasteiger partial charge in [0.05, 0.1) is 11.8 Å². The molecule has 0 atom stereocenters. The Hall–Kier alpha value is -3.21. The van der Waals surface area contributed by atoms with Gasteiger partial charge in [0.25, 0.3) is 5.91 Å². The first kappa shape index (κ1) is 16.6. The minimum atomic E-state index is -0.578. The maximum absolute atomic E-state index is 13.6. The van der Waals surface area contributed by atoms with Crippen LogP contribution in [0, 0.1) is 19.7 Å². The van der Waals surface area contributed by atoms with Crippen molar-refractivity contribution in [2.45, 2.75) is 13.8 Å². The number of hydrogen-bond acceptors (Lipinski definition) is 2. The van der Waals surface area contributed by atoms with Crippen molar-refractivity contribution in [1.82, 2.24) is 9.99 Å². The largest absolute Gasteiger partial charge is 0.318 e. The Bertz CT molecular complexity index is 929. The minimum Gasteiger partial charge on any atom is -0.318 e. The van der Waals surface area contributed by atoms with E-state index in [9.17, 15) is 9.18 Å². The van der Waals surface area contributed by atoms with Crippen molar-refractivity contribution >= 4 is 12.1 Å². The zero-order valence-corrected chi connectivity index (χ0v) is 14.0. The number of hydrogen-bond donors (Lipinski definition) is 1. The Morgan fingerprint density at radius 3 is 2.48 bits per heavy atom. The molecule has 0 aliphatic rings. The predicted molar refractivity (Wildman–Crippen MR) is 96.7 cm³/mol. The molecular weight excluding hydrogens is 317 g/mol. The van der Waals surface area contributed by atoms with Crippen LogP contribution in [-0.4, -0.2) is 16.7 Å². The van der Waals surface area contributed by atoms with Crippen molar-refractivity contribution in [1.29, 1.82) is 0 Å². The minimum absolute atomic E-state index is 0.0330. The molecule has 2 aromatic carbocycles. The van der Waals surface area contributed by atoms with Crippen molar-refractivity contribution in [3.8, 4) is 5.69 Å². The first-order valence-electron chi connectivity index (χ1n) is 7.90. The average Bonchev–Trinajstić information content (AvgIpc) is 2.89. The fraction of sp³-hybridized carbons (Fsp3) is 0.100. The number of para-hydroxylation sites is 1. The number of benzene rings is 2. The maximum atomic E-state index is 13.6. The van der Waals surface area contributed by atoms with Crippen molar-refractivity contribution in [3.63, 3.8) is 0 Å². The Morgan fingerprint density at radius 2 is 1.76 bits per heavy atom. The van der Waals surface area contributed by atoms with E-state index in [-0.39, 0.29) is 5.56 Å². The molecule has 1 amide bonds. The second-order valence-corrected chi connectivity index (χ2v) is 5.68. The van der Waals surface area contributed by atoms with Gasteiger partial charge < -0.3 is 4.57 Å². The highest BCUT2D eigenvalue weighted by atomic mass is 19.1. The molecule has 0 fully saturated rings. The zero-order chi connectivity index (χ0) is 17.8. The van der Waals surface area contributed by atoms with E-state index in [1.54, 1.807) is 12.3 Å². The quantitative estimate of drug-likeness (QED) is 0.568. The van der Waals surface area contributed by atoms with E-state index in [1.807, 2.05) is 50.2 Å². The van der Waals surface area contributed by atoms with Gasteiger partial charge in [0.2, 0.25) is 0 Å². The number of aromatic nitrogens is 1. The second-order valence-electron chi connectivity index (χ2n) is 5.68. The molecule has 1 aromatic heterocycles. The van der Waals surface area contributed by atoms with Crippen LogP contribution in [0.25, 0.3) is 5.69 Å². The summed E-state index contributed by atoms with van der Waals surface area (Å²) in [7, 11) is 0. The molecule has 0 spiro atoms. The van der Waals surface area contributed by atoms with E-state index in [0.717, 1.165) is 22.6 Å². The molecule has 3 rings (SSSR count). The first-order chi connectivity index (χ1) is 12.1. The smallest absolute Gasteiger partial charge is 0.274 e. The highest BCUT2D eigenvalue weighted by molar-refractivity contribution is 5.95. The Morgan fingerprint density at radius 1 is 1.08 bits per heavy atom. The van der Waals surface area contributed by atoms with Gasteiger partial charge in [-0.2, -0.15) is 5.10 Å². The molecule has 0 bridgehead atoms. The molecule has 5 heteroatoms. The highest BCUT2D eigenvalue weighted by Crippen LogP contribution is 2.19. The fourth-order valence-electron chi connectivity index (χ4n) is 2.76.